The van der Waals surface area contributed by atoms with Crippen LogP contribution in [0.4, 0.5) is 5.69 Å². The first-order chi connectivity index (χ1) is 12.1. The number of amides is 2. The molecule has 2 rings (SSSR count). The summed E-state index contributed by atoms with van der Waals surface area (Å²) in [6, 6.07) is 8.60. The molecule has 0 unspecified atom stereocenters. The number of nitrogens with zero attached hydrogens (tertiary/aromatic N) is 1. The van der Waals surface area contributed by atoms with Crippen LogP contribution < -0.4 is 15.4 Å². The van der Waals surface area contributed by atoms with Crippen LogP contribution in [-0.4, -0.2) is 30.5 Å². The van der Waals surface area contributed by atoms with Gasteiger partial charge >= 0.3 is 0 Å². The number of methoxy groups -OCH3 is 1. The summed E-state index contributed by atoms with van der Waals surface area (Å²) in [5, 5.41) is 5.61. The second-order valence-electron chi connectivity index (χ2n) is 5.61. The van der Waals surface area contributed by atoms with Crippen LogP contribution in [0.5, 0.6) is 5.75 Å². The predicted octanol–water partition coefficient (Wildman–Crippen LogP) is 3.26. The van der Waals surface area contributed by atoms with E-state index in [1.54, 1.807) is 31.4 Å². The van der Waals surface area contributed by atoms with Gasteiger partial charge in [0.1, 0.15) is 5.75 Å². The normalized spacial score (nSPS) is 10.2. The maximum Gasteiger partial charge on any atom is 0.257 e. The molecule has 6 nitrogen and oxygen atoms in total. The Hall–Kier alpha value is -2.89. The van der Waals surface area contributed by atoms with Gasteiger partial charge in [0.15, 0.2) is 0 Å². The lowest BCUT2D eigenvalue weighted by Gasteiger charge is -2.08. The molecule has 0 fully saturated rings. The van der Waals surface area contributed by atoms with Crippen LogP contribution in [0.1, 0.15) is 46.9 Å². The predicted molar refractivity (Wildman–Crippen MR) is 97.0 cm³/mol. The third kappa shape index (κ3) is 5.60. The highest BCUT2D eigenvalue weighted by Crippen LogP contribution is 2.17. The largest absolute Gasteiger partial charge is 0.497 e. The Morgan fingerprint density at radius 1 is 1.08 bits per heavy atom. The summed E-state index contributed by atoms with van der Waals surface area (Å²) in [5.74, 6) is 0.0946. The van der Waals surface area contributed by atoms with Gasteiger partial charge in [0.2, 0.25) is 0 Å². The number of anilines is 1. The maximum atomic E-state index is 12.4. The number of carbonyl (C=O) groups is 2. The number of hydrogen-bond donors (Lipinski definition) is 2. The molecule has 0 saturated carbocycles. The monoisotopic (exact) mass is 341 g/mol. The Labute approximate surface area is 147 Å². The summed E-state index contributed by atoms with van der Waals surface area (Å²) in [6.45, 7) is 2.73. The van der Waals surface area contributed by atoms with Crippen molar-refractivity contribution in [3.05, 3.63) is 53.9 Å². The molecule has 2 amide bonds. The molecule has 0 aliphatic carbocycles. The van der Waals surface area contributed by atoms with E-state index >= 15 is 0 Å². The molecule has 0 aliphatic heterocycles. The Morgan fingerprint density at radius 3 is 2.56 bits per heavy atom. The van der Waals surface area contributed by atoms with E-state index in [9.17, 15) is 9.59 Å². The fourth-order valence-corrected chi connectivity index (χ4v) is 2.27. The number of carbonyl (C=O) groups excluding carboxylic acids is 2. The lowest BCUT2D eigenvalue weighted by atomic mass is 10.1. The minimum Gasteiger partial charge on any atom is -0.497 e. The van der Waals surface area contributed by atoms with Crippen molar-refractivity contribution in [2.24, 2.45) is 0 Å². The van der Waals surface area contributed by atoms with Gasteiger partial charge in [-0.25, -0.2) is 0 Å². The minimum atomic E-state index is -0.332. The van der Waals surface area contributed by atoms with Crippen molar-refractivity contribution in [2.75, 3.05) is 19.0 Å². The van der Waals surface area contributed by atoms with Gasteiger partial charge in [-0.1, -0.05) is 25.8 Å². The molecule has 25 heavy (non-hydrogen) atoms. The molecule has 0 radical (unpaired) electrons. The van der Waals surface area contributed by atoms with E-state index in [0.29, 0.717) is 29.1 Å². The van der Waals surface area contributed by atoms with E-state index in [4.69, 9.17) is 4.74 Å². The summed E-state index contributed by atoms with van der Waals surface area (Å²) in [6.07, 6.45) is 5.99. The van der Waals surface area contributed by atoms with Gasteiger partial charge in [-0.2, -0.15) is 0 Å². The first-order valence-electron chi connectivity index (χ1n) is 8.32. The quantitative estimate of drug-likeness (QED) is 0.722. The van der Waals surface area contributed by atoms with Gasteiger partial charge in [-0.3, -0.25) is 14.6 Å². The fourth-order valence-electron chi connectivity index (χ4n) is 2.27. The van der Waals surface area contributed by atoms with Crippen molar-refractivity contribution >= 4 is 17.5 Å². The summed E-state index contributed by atoms with van der Waals surface area (Å²) >= 11 is 0. The highest BCUT2D eigenvalue weighted by Gasteiger charge is 2.11. The highest BCUT2D eigenvalue weighted by molar-refractivity contribution is 6.05. The van der Waals surface area contributed by atoms with Crippen LogP contribution in [0.3, 0.4) is 0 Å². The molecule has 1 aromatic carbocycles. The molecule has 132 valence electrons. The Morgan fingerprint density at radius 2 is 1.84 bits per heavy atom. The zero-order valence-corrected chi connectivity index (χ0v) is 14.5. The third-order valence-corrected chi connectivity index (χ3v) is 3.66. The standard InChI is InChI=1S/C19H23N3O3/c1-3-4-5-9-21-18(23)14-10-15(13-20-12-14)19(24)22-16-7-6-8-17(11-16)25-2/h6-8,10-13H,3-5,9H2,1-2H3,(H,21,23)(H,22,24). The fraction of sp³-hybridized carbons (Fsp3) is 0.316. The second-order valence-corrected chi connectivity index (χ2v) is 5.61. The van der Waals surface area contributed by atoms with Gasteiger partial charge in [0, 0.05) is 30.7 Å². The summed E-state index contributed by atoms with van der Waals surface area (Å²) in [7, 11) is 1.56. The van der Waals surface area contributed by atoms with Crippen LogP contribution >= 0.6 is 0 Å². The second kappa shape index (κ2) is 9.42. The molecular weight excluding hydrogens is 318 g/mol. The number of unbranched alkanes of at least 4 members (excludes halogenated alkanes) is 2. The Bertz CT molecular complexity index is 731. The van der Waals surface area contributed by atoms with Crippen molar-refractivity contribution < 1.29 is 14.3 Å². The highest BCUT2D eigenvalue weighted by atomic mass is 16.5. The van der Waals surface area contributed by atoms with Crippen molar-refractivity contribution in [1.82, 2.24) is 10.3 Å². The van der Waals surface area contributed by atoms with Crippen molar-refractivity contribution in [2.45, 2.75) is 26.2 Å². The maximum absolute atomic E-state index is 12.4. The number of hydrogen-bond acceptors (Lipinski definition) is 4. The van der Waals surface area contributed by atoms with Gasteiger partial charge in [-0.15, -0.1) is 0 Å². The lowest BCUT2D eigenvalue weighted by Crippen LogP contribution is -2.25. The number of benzene rings is 1. The van der Waals surface area contributed by atoms with E-state index in [0.717, 1.165) is 19.3 Å². The van der Waals surface area contributed by atoms with Crippen LogP contribution in [0.15, 0.2) is 42.7 Å². The molecule has 6 heteroatoms. The molecule has 0 saturated heterocycles. The molecule has 0 bridgehead atoms. The van der Waals surface area contributed by atoms with Crippen LogP contribution in [0, 0.1) is 0 Å². The minimum absolute atomic E-state index is 0.223. The van der Waals surface area contributed by atoms with Crippen LogP contribution in [0.25, 0.3) is 0 Å². The summed E-state index contributed by atoms with van der Waals surface area (Å²) in [5.41, 5.74) is 1.30. The Kier molecular flexibility index (Phi) is 6.95. The number of aromatic nitrogens is 1. The van der Waals surface area contributed by atoms with Gasteiger partial charge in [0.05, 0.1) is 18.2 Å². The van der Waals surface area contributed by atoms with Crippen molar-refractivity contribution in [3.63, 3.8) is 0 Å². The molecule has 1 aromatic heterocycles. The smallest absolute Gasteiger partial charge is 0.257 e. The van der Waals surface area contributed by atoms with Gasteiger partial charge < -0.3 is 15.4 Å². The number of nitrogens with one attached hydrogen (secondary N) is 2. The third-order valence-electron chi connectivity index (χ3n) is 3.66. The number of ether oxygens (including phenoxy) is 1. The molecule has 0 atom stereocenters. The molecule has 2 aromatic rings. The first kappa shape index (κ1) is 18.4. The Balaban J connectivity index is 2.01. The van der Waals surface area contributed by atoms with E-state index in [1.165, 1.54) is 18.5 Å². The van der Waals surface area contributed by atoms with E-state index in [1.807, 2.05) is 0 Å². The van der Waals surface area contributed by atoms with E-state index in [2.05, 4.69) is 22.5 Å². The molecule has 0 spiro atoms. The summed E-state index contributed by atoms with van der Waals surface area (Å²) in [4.78, 5) is 28.5. The van der Waals surface area contributed by atoms with Gasteiger partial charge in [0.25, 0.3) is 11.8 Å². The van der Waals surface area contributed by atoms with Gasteiger partial charge in [-0.05, 0) is 24.6 Å². The molecule has 2 N–H and O–H groups in total. The number of pyridine rings is 1. The van der Waals surface area contributed by atoms with Crippen molar-refractivity contribution in [1.29, 1.82) is 0 Å². The zero-order valence-electron chi connectivity index (χ0n) is 14.5. The SMILES string of the molecule is CCCCCNC(=O)c1cncc(C(=O)Nc2cccc(OC)c2)c1. The average Bonchev–Trinajstić information content (AvgIpc) is 2.65. The lowest BCUT2D eigenvalue weighted by molar-refractivity contribution is 0.0952. The van der Waals surface area contributed by atoms with Crippen LogP contribution in [-0.2, 0) is 0 Å². The van der Waals surface area contributed by atoms with Crippen molar-refractivity contribution in [3.8, 4) is 5.75 Å². The number of rotatable bonds is 8. The first-order valence-corrected chi connectivity index (χ1v) is 8.32. The summed E-state index contributed by atoms with van der Waals surface area (Å²) < 4.78 is 5.13. The topological polar surface area (TPSA) is 80.3 Å². The molecular formula is C19H23N3O3. The van der Waals surface area contributed by atoms with E-state index in [-0.39, 0.29) is 11.8 Å². The van der Waals surface area contributed by atoms with E-state index < -0.39 is 0 Å². The molecule has 0 aliphatic rings. The average molecular weight is 341 g/mol. The molecule has 1 heterocycles. The van der Waals surface area contributed by atoms with Crippen LogP contribution in [0.2, 0.25) is 0 Å². The zero-order chi connectivity index (χ0) is 18.1.